The molecule has 0 aliphatic heterocycles. The van der Waals surface area contributed by atoms with Crippen molar-refractivity contribution < 1.29 is 14.6 Å². The van der Waals surface area contributed by atoms with Crippen LogP contribution in [0.25, 0.3) is 0 Å². The van der Waals surface area contributed by atoms with E-state index in [2.05, 4.69) is 13.2 Å². The van der Waals surface area contributed by atoms with Gasteiger partial charge in [0.25, 0.3) is 0 Å². The van der Waals surface area contributed by atoms with Gasteiger partial charge in [-0.1, -0.05) is 12.7 Å². The molecule has 0 saturated heterocycles. The minimum Gasteiger partial charge on any atom is -0.478 e. The van der Waals surface area contributed by atoms with Gasteiger partial charge in [-0.05, 0) is 25.7 Å². The monoisotopic (exact) mass is 198 g/mol. The molecule has 0 saturated carbocycles. The fourth-order valence-electron chi connectivity index (χ4n) is 0.926. The molecule has 0 fully saturated rings. The molecule has 0 radical (unpaired) electrons. The number of rotatable bonds is 9. The van der Waals surface area contributed by atoms with Crippen molar-refractivity contribution in [3.05, 3.63) is 24.8 Å². The second-order valence-corrected chi connectivity index (χ2v) is 3.06. The van der Waals surface area contributed by atoms with Crippen molar-refractivity contribution in [1.29, 1.82) is 0 Å². The number of hydrogen-bond acceptors (Lipinski definition) is 2. The van der Waals surface area contributed by atoms with Crippen LogP contribution in [0.4, 0.5) is 0 Å². The standard InChI is InChI=1S/C11H18O3/c1-3-4-5-8-14-9-6-7-10(2)11(12)13/h3H,1-2,4-9H2,(H,12,13). The number of ether oxygens (including phenoxy) is 1. The Kier molecular flexibility index (Phi) is 7.84. The summed E-state index contributed by atoms with van der Waals surface area (Å²) in [6.45, 7) is 8.35. The highest BCUT2D eigenvalue weighted by atomic mass is 16.5. The zero-order valence-electron chi connectivity index (χ0n) is 8.50. The van der Waals surface area contributed by atoms with Crippen molar-refractivity contribution in [2.24, 2.45) is 0 Å². The molecular weight excluding hydrogens is 180 g/mol. The predicted molar refractivity (Wildman–Crippen MR) is 56.3 cm³/mol. The molecule has 0 aliphatic carbocycles. The quantitative estimate of drug-likeness (QED) is 0.351. The third-order valence-electron chi connectivity index (χ3n) is 1.77. The molecule has 0 spiro atoms. The zero-order chi connectivity index (χ0) is 10.8. The first-order valence-corrected chi connectivity index (χ1v) is 4.78. The molecule has 0 aliphatic rings. The Morgan fingerprint density at radius 3 is 2.57 bits per heavy atom. The van der Waals surface area contributed by atoms with E-state index in [0.717, 1.165) is 19.3 Å². The van der Waals surface area contributed by atoms with E-state index in [1.54, 1.807) is 0 Å². The van der Waals surface area contributed by atoms with Gasteiger partial charge in [-0.15, -0.1) is 6.58 Å². The minimum atomic E-state index is -0.920. The molecule has 0 aromatic rings. The highest BCUT2D eigenvalue weighted by Gasteiger charge is 2.02. The maximum Gasteiger partial charge on any atom is 0.330 e. The second-order valence-electron chi connectivity index (χ2n) is 3.06. The summed E-state index contributed by atoms with van der Waals surface area (Å²) >= 11 is 0. The molecule has 3 nitrogen and oxygen atoms in total. The van der Waals surface area contributed by atoms with Gasteiger partial charge in [-0.2, -0.15) is 0 Å². The fraction of sp³-hybridized carbons (Fsp3) is 0.545. The number of carboxylic acids is 1. The molecule has 0 heterocycles. The average Bonchev–Trinajstić information content (AvgIpc) is 2.16. The fourth-order valence-corrected chi connectivity index (χ4v) is 0.926. The van der Waals surface area contributed by atoms with Gasteiger partial charge in [-0.3, -0.25) is 0 Å². The molecule has 3 heteroatoms. The molecule has 0 aromatic carbocycles. The lowest BCUT2D eigenvalue weighted by Crippen LogP contribution is -2.02. The SMILES string of the molecule is C=CCCCOCCCC(=C)C(=O)O. The number of carboxylic acid groups (broad SMARTS) is 1. The topological polar surface area (TPSA) is 46.5 Å². The highest BCUT2D eigenvalue weighted by Crippen LogP contribution is 2.02. The van der Waals surface area contributed by atoms with Gasteiger partial charge < -0.3 is 9.84 Å². The lowest BCUT2D eigenvalue weighted by atomic mass is 10.2. The summed E-state index contributed by atoms with van der Waals surface area (Å²) in [5.74, 6) is -0.920. The molecular formula is C11H18O3. The van der Waals surface area contributed by atoms with Crippen molar-refractivity contribution in [1.82, 2.24) is 0 Å². The highest BCUT2D eigenvalue weighted by molar-refractivity contribution is 5.85. The van der Waals surface area contributed by atoms with E-state index in [0.29, 0.717) is 19.6 Å². The Hall–Kier alpha value is -1.09. The average molecular weight is 198 g/mol. The smallest absolute Gasteiger partial charge is 0.330 e. The van der Waals surface area contributed by atoms with Crippen LogP contribution < -0.4 is 0 Å². The third kappa shape index (κ3) is 7.55. The normalized spacial score (nSPS) is 9.71. The van der Waals surface area contributed by atoms with Gasteiger partial charge >= 0.3 is 5.97 Å². The summed E-state index contributed by atoms with van der Waals surface area (Å²) in [6.07, 6.45) is 5.01. The summed E-state index contributed by atoms with van der Waals surface area (Å²) in [5.41, 5.74) is 0.250. The Balaban J connectivity index is 3.17. The van der Waals surface area contributed by atoms with E-state index in [4.69, 9.17) is 9.84 Å². The Morgan fingerprint density at radius 1 is 1.36 bits per heavy atom. The molecule has 0 amide bonds. The van der Waals surface area contributed by atoms with Crippen molar-refractivity contribution in [2.45, 2.75) is 25.7 Å². The van der Waals surface area contributed by atoms with Gasteiger partial charge in [-0.25, -0.2) is 4.79 Å². The van der Waals surface area contributed by atoms with Crippen molar-refractivity contribution in [3.8, 4) is 0 Å². The van der Waals surface area contributed by atoms with Crippen LogP contribution in [0, 0.1) is 0 Å². The number of aliphatic carboxylic acids is 1. The molecule has 14 heavy (non-hydrogen) atoms. The van der Waals surface area contributed by atoms with Crippen molar-refractivity contribution in [2.75, 3.05) is 13.2 Å². The number of carbonyl (C=O) groups is 1. The van der Waals surface area contributed by atoms with E-state index in [1.165, 1.54) is 0 Å². The third-order valence-corrected chi connectivity index (χ3v) is 1.77. The van der Waals surface area contributed by atoms with Crippen LogP contribution in [0.1, 0.15) is 25.7 Å². The van der Waals surface area contributed by atoms with E-state index < -0.39 is 5.97 Å². The van der Waals surface area contributed by atoms with Crippen LogP contribution in [0.3, 0.4) is 0 Å². The summed E-state index contributed by atoms with van der Waals surface area (Å²) in [6, 6.07) is 0. The van der Waals surface area contributed by atoms with Crippen LogP contribution in [0.15, 0.2) is 24.8 Å². The first-order valence-electron chi connectivity index (χ1n) is 4.78. The molecule has 80 valence electrons. The summed E-state index contributed by atoms with van der Waals surface area (Å²) in [4.78, 5) is 10.4. The predicted octanol–water partition coefficient (Wildman–Crippen LogP) is 2.39. The lowest BCUT2D eigenvalue weighted by molar-refractivity contribution is -0.132. The number of allylic oxidation sites excluding steroid dienone is 1. The molecule has 0 unspecified atom stereocenters. The van der Waals surface area contributed by atoms with Gasteiger partial charge in [0.05, 0.1) is 0 Å². The van der Waals surface area contributed by atoms with Crippen LogP contribution >= 0.6 is 0 Å². The Morgan fingerprint density at radius 2 is 2.00 bits per heavy atom. The lowest BCUT2D eigenvalue weighted by Gasteiger charge is -2.02. The molecule has 1 N–H and O–H groups in total. The van der Waals surface area contributed by atoms with Crippen LogP contribution in [0.2, 0.25) is 0 Å². The van der Waals surface area contributed by atoms with E-state index in [-0.39, 0.29) is 5.57 Å². The zero-order valence-corrected chi connectivity index (χ0v) is 8.50. The first kappa shape index (κ1) is 12.9. The van der Waals surface area contributed by atoms with Crippen LogP contribution in [-0.2, 0) is 9.53 Å². The van der Waals surface area contributed by atoms with E-state index in [1.807, 2.05) is 6.08 Å². The van der Waals surface area contributed by atoms with Gasteiger partial charge in [0.2, 0.25) is 0 Å². The Bertz CT molecular complexity index is 197. The molecule has 0 rings (SSSR count). The van der Waals surface area contributed by atoms with Gasteiger partial charge in [0.1, 0.15) is 0 Å². The second kappa shape index (κ2) is 8.51. The Labute approximate surface area is 85.1 Å². The summed E-state index contributed by atoms with van der Waals surface area (Å²) in [5, 5.41) is 8.50. The summed E-state index contributed by atoms with van der Waals surface area (Å²) < 4.78 is 5.28. The number of hydrogen-bond donors (Lipinski definition) is 1. The summed E-state index contributed by atoms with van der Waals surface area (Å²) in [7, 11) is 0. The van der Waals surface area contributed by atoms with Crippen LogP contribution in [-0.4, -0.2) is 24.3 Å². The van der Waals surface area contributed by atoms with E-state index >= 15 is 0 Å². The van der Waals surface area contributed by atoms with Crippen LogP contribution in [0.5, 0.6) is 0 Å². The maximum absolute atomic E-state index is 10.4. The van der Waals surface area contributed by atoms with Crippen molar-refractivity contribution >= 4 is 5.97 Å². The van der Waals surface area contributed by atoms with Crippen molar-refractivity contribution in [3.63, 3.8) is 0 Å². The molecule has 0 atom stereocenters. The van der Waals surface area contributed by atoms with Gasteiger partial charge in [0, 0.05) is 18.8 Å². The molecule has 0 aromatic heterocycles. The first-order chi connectivity index (χ1) is 6.68. The maximum atomic E-state index is 10.4. The largest absolute Gasteiger partial charge is 0.478 e. The number of unbranched alkanes of at least 4 members (excludes halogenated alkanes) is 1. The van der Waals surface area contributed by atoms with Gasteiger partial charge in [0.15, 0.2) is 0 Å². The molecule has 0 bridgehead atoms. The minimum absolute atomic E-state index is 0.250. The van der Waals surface area contributed by atoms with E-state index in [9.17, 15) is 4.79 Å².